The number of piperidine rings is 1. The summed E-state index contributed by atoms with van der Waals surface area (Å²) in [5.41, 5.74) is 3.65. The van der Waals surface area contributed by atoms with Gasteiger partial charge in [-0.3, -0.25) is 0 Å². The van der Waals surface area contributed by atoms with Crippen molar-refractivity contribution in [3.8, 4) is 0 Å². The van der Waals surface area contributed by atoms with Gasteiger partial charge in [0, 0.05) is 30.4 Å². The molecule has 3 aromatic rings. The van der Waals surface area contributed by atoms with E-state index in [1.807, 2.05) is 34.5 Å². The number of benzene rings is 1. The maximum atomic E-state index is 13.4. The first-order valence-corrected chi connectivity index (χ1v) is 8.30. The molecular formula is C16H15BrF2N4. The number of aryl methyl sites for hydroxylation is 1. The highest BCUT2D eigenvalue weighted by atomic mass is 79.9. The summed E-state index contributed by atoms with van der Waals surface area (Å²) in [7, 11) is 0. The number of rotatable bonds is 1. The summed E-state index contributed by atoms with van der Waals surface area (Å²) in [6.45, 7) is 2.62. The largest absolute Gasteiger partial charge is 0.354 e. The number of nitrogens with zero attached hydrogens (tertiary/aromatic N) is 4. The second-order valence-corrected chi connectivity index (χ2v) is 6.88. The number of hydrogen-bond acceptors (Lipinski definition) is 3. The van der Waals surface area contributed by atoms with Gasteiger partial charge >= 0.3 is 0 Å². The van der Waals surface area contributed by atoms with Crippen molar-refractivity contribution in [2.45, 2.75) is 25.7 Å². The molecule has 4 rings (SSSR count). The van der Waals surface area contributed by atoms with Gasteiger partial charge in [-0.05, 0) is 46.6 Å². The fourth-order valence-corrected chi connectivity index (χ4v) is 3.75. The predicted molar refractivity (Wildman–Crippen MR) is 89.3 cm³/mol. The number of halogens is 3. The lowest BCUT2D eigenvalue weighted by Gasteiger charge is -2.33. The number of anilines is 1. The SMILES string of the molecule is Cc1cc(Br)c2nc(N3CCC(F)(F)CC3)c3ccnn3c2c1. The van der Waals surface area contributed by atoms with Crippen molar-refractivity contribution in [3.05, 3.63) is 34.4 Å². The van der Waals surface area contributed by atoms with E-state index in [9.17, 15) is 8.78 Å². The quantitative estimate of drug-likeness (QED) is 0.634. The van der Waals surface area contributed by atoms with Gasteiger partial charge < -0.3 is 4.90 Å². The summed E-state index contributed by atoms with van der Waals surface area (Å²) in [4.78, 5) is 6.69. The average molecular weight is 381 g/mol. The van der Waals surface area contributed by atoms with Gasteiger partial charge in [0.25, 0.3) is 5.92 Å². The molecule has 7 heteroatoms. The minimum Gasteiger partial charge on any atom is -0.354 e. The third-order valence-corrected chi connectivity index (χ3v) is 4.90. The number of hydrogen-bond donors (Lipinski definition) is 0. The molecule has 0 aliphatic carbocycles. The second kappa shape index (κ2) is 5.12. The predicted octanol–water partition coefficient (Wildman–Crippen LogP) is 4.19. The molecular weight excluding hydrogens is 366 g/mol. The van der Waals surface area contributed by atoms with E-state index >= 15 is 0 Å². The summed E-state index contributed by atoms with van der Waals surface area (Å²) in [6.07, 6.45) is 1.44. The van der Waals surface area contributed by atoms with Crippen LogP contribution in [0.25, 0.3) is 16.6 Å². The van der Waals surface area contributed by atoms with Gasteiger partial charge in [0.15, 0.2) is 5.82 Å². The molecule has 2 aromatic heterocycles. The summed E-state index contributed by atoms with van der Waals surface area (Å²) in [6, 6.07) is 5.91. The number of fused-ring (bicyclic) bond motifs is 3. The molecule has 1 aliphatic rings. The first-order valence-electron chi connectivity index (χ1n) is 7.51. The van der Waals surface area contributed by atoms with Crippen LogP contribution in [0.2, 0.25) is 0 Å². The second-order valence-electron chi connectivity index (χ2n) is 6.02. The summed E-state index contributed by atoms with van der Waals surface area (Å²) < 4.78 is 29.6. The standard InChI is InChI=1S/C16H15BrF2N4/c1-10-8-11(17)14-13(9-10)23-12(2-5-20-23)15(21-14)22-6-3-16(18,19)4-7-22/h2,5,8-9H,3-4,6-7H2,1H3. The lowest BCUT2D eigenvalue weighted by Crippen LogP contribution is -2.40. The summed E-state index contributed by atoms with van der Waals surface area (Å²) in [5.74, 6) is -1.85. The Balaban J connectivity index is 1.91. The Morgan fingerprint density at radius 3 is 2.65 bits per heavy atom. The van der Waals surface area contributed by atoms with E-state index in [4.69, 9.17) is 4.98 Å². The van der Waals surface area contributed by atoms with Crippen LogP contribution >= 0.6 is 15.9 Å². The number of alkyl halides is 2. The molecule has 120 valence electrons. The normalized spacial score (nSPS) is 18.0. The molecule has 1 aromatic carbocycles. The average Bonchev–Trinajstić information content (AvgIpc) is 2.97. The highest BCUT2D eigenvalue weighted by Gasteiger charge is 2.35. The van der Waals surface area contributed by atoms with Gasteiger partial charge in [-0.15, -0.1) is 0 Å². The van der Waals surface area contributed by atoms with E-state index < -0.39 is 5.92 Å². The van der Waals surface area contributed by atoms with Crippen molar-refractivity contribution in [2.24, 2.45) is 0 Å². The molecule has 3 heterocycles. The maximum absolute atomic E-state index is 13.4. The molecule has 1 saturated heterocycles. The Bertz CT molecular complexity index is 896. The topological polar surface area (TPSA) is 33.4 Å². The Morgan fingerprint density at radius 2 is 1.91 bits per heavy atom. The molecule has 23 heavy (non-hydrogen) atoms. The van der Waals surface area contributed by atoms with Crippen LogP contribution in [0.5, 0.6) is 0 Å². The van der Waals surface area contributed by atoms with Crippen LogP contribution < -0.4 is 4.90 Å². The zero-order valence-electron chi connectivity index (χ0n) is 12.6. The molecule has 0 saturated carbocycles. The lowest BCUT2D eigenvalue weighted by atomic mass is 10.1. The molecule has 1 aliphatic heterocycles. The third-order valence-electron chi connectivity index (χ3n) is 4.30. The van der Waals surface area contributed by atoms with E-state index in [2.05, 4.69) is 21.0 Å². The minimum atomic E-state index is -2.57. The van der Waals surface area contributed by atoms with Gasteiger partial charge in [-0.1, -0.05) is 0 Å². The van der Waals surface area contributed by atoms with Crippen molar-refractivity contribution in [1.29, 1.82) is 0 Å². The molecule has 0 N–H and O–H groups in total. The van der Waals surface area contributed by atoms with Gasteiger partial charge in [0.1, 0.15) is 11.0 Å². The Hall–Kier alpha value is -1.76. The van der Waals surface area contributed by atoms with Gasteiger partial charge in [0.2, 0.25) is 0 Å². The summed E-state index contributed by atoms with van der Waals surface area (Å²) >= 11 is 3.56. The zero-order valence-corrected chi connectivity index (χ0v) is 14.1. The van der Waals surface area contributed by atoms with Crippen LogP contribution in [-0.2, 0) is 0 Å². The first-order chi connectivity index (χ1) is 10.9. The molecule has 0 radical (unpaired) electrons. The fourth-order valence-electron chi connectivity index (χ4n) is 3.09. The van der Waals surface area contributed by atoms with E-state index in [-0.39, 0.29) is 12.8 Å². The van der Waals surface area contributed by atoms with Gasteiger partial charge in [0.05, 0.1) is 11.7 Å². The Morgan fingerprint density at radius 1 is 1.17 bits per heavy atom. The first kappa shape index (κ1) is 14.8. The molecule has 1 fully saturated rings. The van der Waals surface area contributed by atoms with Crippen LogP contribution in [0.1, 0.15) is 18.4 Å². The monoisotopic (exact) mass is 380 g/mol. The highest BCUT2D eigenvalue weighted by molar-refractivity contribution is 9.10. The van der Waals surface area contributed by atoms with Crippen LogP contribution in [0.15, 0.2) is 28.9 Å². The Labute approximate surface area is 140 Å². The van der Waals surface area contributed by atoms with Gasteiger partial charge in [-0.2, -0.15) is 5.10 Å². The highest BCUT2D eigenvalue weighted by Crippen LogP contribution is 2.34. The maximum Gasteiger partial charge on any atom is 0.251 e. The minimum absolute atomic E-state index is 0.137. The van der Waals surface area contributed by atoms with E-state index in [1.165, 1.54) is 0 Å². The van der Waals surface area contributed by atoms with E-state index in [1.54, 1.807) is 6.20 Å². The molecule has 0 amide bonds. The van der Waals surface area contributed by atoms with Crippen LogP contribution in [0.4, 0.5) is 14.6 Å². The van der Waals surface area contributed by atoms with Crippen molar-refractivity contribution < 1.29 is 8.78 Å². The molecule has 0 atom stereocenters. The van der Waals surface area contributed by atoms with Gasteiger partial charge in [-0.25, -0.2) is 18.3 Å². The molecule has 0 bridgehead atoms. The van der Waals surface area contributed by atoms with E-state index in [0.717, 1.165) is 32.4 Å². The molecule has 0 unspecified atom stereocenters. The zero-order chi connectivity index (χ0) is 16.2. The van der Waals surface area contributed by atoms with Crippen molar-refractivity contribution in [3.63, 3.8) is 0 Å². The molecule has 0 spiro atoms. The van der Waals surface area contributed by atoms with Crippen LogP contribution in [-0.4, -0.2) is 33.6 Å². The van der Waals surface area contributed by atoms with Crippen LogP contribution in [0.3, 0.4) is 0 Å². The van der Waals surface area contributed by atoms with E-state index in [0.29, 0.717) is 13.1 Å². The third kappa shape index (κ3) is 2.47. The smallest absolute Gasteiger partial charge is 0.251 e. The number of aromatic nitrogens is 3. The van der Waals surface area contributed by atoms with Crippen molar-refractivity contribution in [2.75, 3.05) is 18.0 Å². The Kier molecular flexibility index (Phi) is 3.30. The fraction of sp³-hybridized carbons (Fsp3) is 0.375. The summed E-state index contributed by atoms with van der Waals surface area (Å²) in [5, 5.41) is 4.39. The lowest BCUT2D eigenvalue weighted by molar-refractivity contribution is -0.0221. The van der Waals surface area contributed by atoms with Crippen molar-refractivity contribution >= 4 is 38.3 Å². The molecule has 4 nitrogen and oxygen atoms in total. The van der Waals surface area contributed by atoms with Crippen molar-refractivity contribution in [1.82, 2.24) is 14.6 Å². The van der Waals surface area contributed by atoms with Crippen LogP contribution in [0, 0.1) is 6.92 Å².